The number of carbonyl (C=O) groups excluding carboxylic acids is 2. The lowest BCUT2D eigenvalue weighted by molar-refractivity contribution is -0.143. The van der Waals surface area contributed by atoms with Crippen molar-refractivity contribution in [1.29, 1.82) is 0 Å². The average molecular weight is 537 g/mol. The highest BCUT2D eigenvalue weighted by molar-refractivity contribution is 7.07. The van der Waals surface area contributed by atoms with Gasteiger partial charge in [-0.15, -0.1) is 0 Å². The van der Waals surface area contributed by atoms with Crippen molar-refractivity contribution in [2.45, 2.75) is 39.8 Å². The molecule has 10 heteroatoms. The SMILES string of the molecule is COc1ccc([C@H]2C(C(=O)OC(C)C)=C(C)N=c3s/c(=C\c4ccc(OC(C)=O)c(OC)c4)c(=O)n32)cc1. The Morgan fingerprint density at radius 2 is 1.76 bits per heavy atom. The van der Waals surface area contributed by atoms with Crippen LogP contribution >= 0.6 is 11.3 Å². The molecule has 1 aliphatic heterocycles. The molecule has 1 atom stereocenters. The van der Waals surface area contributed by atoms with Gasteiger partial charge in [-0.3, -0.25) is 14.2 Å². The number of nitrogens with zero attached hydrogens (tertiary/aromatic N) is 2. The molecule has 0 spiro atoms. The summed E-state index contributed by atoms with van der Waals surface area (Å²) in [5, 5.41) is 0. The molecule has 198 valence electrons. The summed E-state index contributed by atoms with van der Waals surface area (Å²) in [4.78, 5) is 43.4. The van der Waals surface area contributed by atoms with Crippen LogP contribution in [0.2, 0.25) is 0 Å². The first-order chi connectivity index (χ1) is 18.1. The van der Waals surface area contributed by atoms with E-state index in [0.29, 0.717) is 37.7 Å². The van der Waals surface area contributed by atoms with Gasteiger partial charge in [-0.2, -0.15) is 0 Å². The number of rotatable bonds is 7. The van der Waals surface area contributed by atoms with Gasteiger partial charge in [0.2, 0.25) is 0 Å². The molecule has 0 amide bonds. The van der Waals surface area contributed by atoms with E-state index in [9.17, 15) is 14.4 Å². The number of hydrogen-bond acceptors (Lipinski definition) is 9. The van der Waals surface area contributed by atoms with E-state index in [2.05, 4.69) is 4.99 Å². The van der Waals surface area contributed by atoms with E-state index in [1.165, 1.54) is 29.9 Å². The number of benzene rings is 2. The highest BCUT2D eigenvalue weighted by Gasteiger charge is 2.33. The fourth-order valence-electron chi connectivity index (χ4n) is 4.13. The first-order valence-electron chi connectivity index (χ1n) is 11.9. The van der Waals surface area contributed by atoms with Crippen LogP contribution in [0.15, 0.2) is 63.5 Å². The maximum Gasteiger partial charge on any atom is 0.338 e. The Hall–Kier alpha value is -4.18. The van der Waals surface area contributed by atoms with Crippen molar-refractivity contribution in [1.82, 2.24) is 4.57 Å². The highest BCUT2D eigenvalue weighted by atomic mass is 32.1. The van der Waals surface area contributed by atoms with E-state index in [1.54, 1.807) is 64.3 Å². The summed E-state index contributed by atoms with van der Waals surface area (Å²) in [6.45, 7) is 6.59. The van der Waals surface area contributed by atoms with Crippen LogP contribution in [0, 0.1) is 0 Å². The van der Waals surface area contributed by atoms with Gasteiger partial charge in [0.05, 0.1) is 42.2 Å². The fraction of sp³-hybridized carbons (Fsp3) is 0.286. The number of ether oxygens (including phenoxy) is 4. The van der Waals surface area contributed by atoms with Crippen molar-refractivity contribution in [2.24, 2.45) is 4.99 Å². The van der Waals surface area contributed by atoms with Gasteiger partial charge < -0.3 is 18.9 Å². The van der Waals surface area contributed by atoms with Gasteiger partial charge in [-0.25, -0.2) is 9.79 Å². The Morgan fingerprint density at radius 1 is 1.05 bits per heavy atom. The zero-order valence-electron chi connectivity index (χ0n) is 21.9. The largest absolute Gasteiger partial charge is 0.497 e. The van der Waals surface area contributed by atoms with Crippen LogP contribution < -0.4 is 29.1 Å². The molecule has 3 aromatic rings. The van der Waals surface area contributed by atoms with Gasteiger partial charge in [0, 0.05) is 6.92 Å². The van der Waals surface area contributed by atoms with Crippen LogP contribution in [0.4, 0.5) is 0 Å². The molecule has 1 aromatic heterocycles. The quantitative estimate of drug-likeness (QED) is 0.337. The molecule has 4 rings (SSSR count). The van der Waals surface area contributed by atoms with Crippen LogP contribution in [0.5, 0.6) is 17.2 Å². The lowest BCUT2D eigenvalue weighted by atomic mass is 9.96. The van der Waals surface area contributed by atoms with Gasteiger partial charge in [0.1, 0.15) is 5.75 Å². The molecule has 0 saturated heterocycles. The summed E-state index contributed by atoms with van der Waals surface area (Å²) < 4.78 is 23.3. The summed E-state index contributed by atoms with van der Waals surface area (Å²) in [7, 11) is 3.04. The predicted molar refractivity (Wildman–Crippen MR) is 142 cm³/mol. The smallest absolute Gasteiger partial charge is 0.338 e. The molecular weight excluding hydrogens is 508 g/mol. The first-order valence-corrected chi connectivity index (χ1v) is 12.7. The fourth-order valence-corrected chi connectivity index (χ4v) is 5.17. The third-order valence-electron chi connectivity index (χ3n) is 5.76. The number of thiazole rings is 1. The van der Waals surface area contributed by atoms with Gasteiger partial charge in [-0.05, 0) is 62.2 Å². The second-order valence-corrected chi connectivity index (χ2v) is 9.82. The minimum absolute atomic E-state index is 0.280. The molecule has 38 heavy (non-hydrogen) atoms. The Balaban J connectivity index is 1.88. The van der Waals surface area contributed by atoms with Crippen LogP contribution in [0.1, 0.15) is 44.9 Å². The molecule has 0 bridgehead atoms. The van der Waals surface area contributed by atoms with E-state index >= 15 is 0 Å². The lowest BCUT2D eigenvalue weighted by Crippen LogP contribution is -2.40. The average Bonchev–Trinajstić information content (AvgIpc) is 3.17. The number of methoxy groups -OCH3 is 2. The van der Waals surface area contributed by atoms with Crippen LogP contribution in [0.3, 0.4) is 0 Å². The molecule has 0 radical (unpaired) electrons. The van der Waals surface area contributed by atoms with E-state index in [4.69, 9.17) is 18.9 Å². The number of allylic oxidation sites excluding steroid dienone is 1. The van der Waals surface area contributed by atoms with E-state index in [-0.39, 0.29) is 17.4 Å². The standard InChI is InChI=1S/C28H28N2O7S/c1-15(2)36-27(33)24-16(3)29-28-30(25(24)19-8-10-20(34-5)11-9-19)26(32)23(38-28)14-18-7-12-21(37-17(4)31)22(13-18)35-6/h7-15,25H,1-6H3/b23-14-/t25-/m0/s1. The third kappa shape index (κ3) is 5.40. The molecular formula is C28H28N2O7S. The maximum absolute atomic E-state index is 13.8. The number of esters is 2. The van der Waals surface area contributed by atoms with Gasteiger partial charge in [0.25, 0.3) is 5.56 Å². The second kappa shape index (κ2) is 11.1. The molecule has 0 aliphatic carbocycles. The van der Waals surface area contributed by atoms with Gasteiger partial charge >= 0.3 is 11.9 Å². The van der Waals surface area contributed by atoms with E-state index in [0.717, 1.165) is 5.56 Å². The molecule has 0 unspecified atom stereocenters. The Labute approximate surface area is 223 Å². The summed E-state index contributed by atoms with van der Waals surface area (Å²) >= 11 is 1.21. The molecule has 0 N–H and O–H groups in total. The van der Waals surface area contributed by atoms with Crippen molar-refractivity contribution in [2.75, 3.05) is 14.2 Å². The van der Waals surface area contributed by atoms with Gasteiger partial charge in [-0.1, -0.05) is 29.5 Å². The zero-order chi connectivity index (χ0) is 27.6. The Kier molecular flexibility index (Phi) is 7.82. The number of carbonyl (C=O) groups is 2. The number of hydrogen-bond donors (Lipinski definition) is 0. The maximum atomic E-state index is 13.8. The molecule has 0 saturated carbocycles. The molecule has 9 nitrogen and oxygen atoms in total. The van der Waals surface area contributed by atoms with Gasteiger partial charge in [0.15, 0.2) is 16.3 Å². The third-order valence-corrected chi connectivity index (χ3v) is 6.74. The van der Waals surface area contributed by atoms with Crippen LogP contribution in [-0.2, 0) is 14.3 Å². The first kappa shape index (κ1) is 26.9. The second-order valence-electron chi connectivity index (χ2n) is 8.81. The summed E-state index contributed by atoms with van der Waals surface area (Å²) in [5.74, 6) is 0.293. The van der Waals surface area contributed by atoms with E-state index < -0.39 is 18.0 Å². The Bertz CT molecular complexity index is 1600. The van der Waals surface area contributed by atoms with Crippen molar-refractivity contribution in [3.63, 3.8) is 0 Å². The van der Waals surface area contributed by atoms with Crippen LogP contribution in [0.25, 0.3) is 6.08 Å². The minimum atomic E-state index is -0.730. The highest BCUT2D eigenvalue weighted by Crippen LogP contribution is 2.32. The molecule has 0 fully saturated rings. The minimum Gasteiger partial charge on any atom is -0.497 e. The molecule has 2 aromatic carbocycles. The van der Waals surface area contributed by atoms with E-state index in [1.807, 2.05) is 12.1 Å². The number of fused-ring (bicyclic) bond motifs is 1. The summed E-state index contributed by atoms with van der Waals surface area (Å²) in [6, 6.07) is 11.5. The Morgan fingerprint density at radius 3 is 2.37 bits per heavy atom. The monoisotopic (exact) mass is 536 g/mol. The normalized spacial score (nSPS) is 15.1. The van der Waals surface area contributed by atoms with Crippen molar-refractivity contribution in [3.8, 4) is 17.2 Å². The molecule has 1 aliphatic rings. The molecule has 2 heterocycles. The topological polar surface area (TPSA) is 105 Å². The summed E-state index contributed by atoms with van der Waals surface area (Å²) in [5.41, 5.74) is 1.86. The summed E-state index contributed by atoms with van der Waals surface area (Å²) in [6.07, 6.45) is 1.37. The van der Waals surface area contributed by atoms with Crippen molar-refractivity contribution >= 4 is 29.4 Å². The zero-order valence-corrected chi connectivity index (χ0v) is 22.8. The van der Waals surface area contributed by atoms with Crippen molar-refractivity contribution in [3.05, 3.63) is 84.5 Å². The predicted octanol–water partition coefficient (Wildman–Crippen LogP) is 3.13. The van der Waals surface area contributed by atoms with Crippen LogP contribution in [-0.4, -0.2) is 36.8 Å². The number of aromatic nitrogens is 1. The lowest BCUT2D eigenvalue weighted by Gasteiger charge is -2.25. The van der Waals surface area contributed by atoms with Crippen molar-refractivity contribution < 1.29 is 28.5 Å².